The summed E-state index contributed by atoms with van der Waals surface area (Å²) in [6.45, 7) is 4.87. The van der Waals surface area contributed by atoms with Crippen molar-refractivity contribution in [1.82, 2.24) is 0 Å². The van der Waals surface area contributed by atoms with Crippen LogP contribution in [0.5, 0.6) is 0 Å². The Morgan fingerprint density at radius 1 is 0.277 bits per heavy atom. The molecule has 0 aromatic heterocycles. The molecular weight excluding hydrogens is 781 g/mol. The van der Waals surface area contributed by atoms with Crippen LogP contribution in [0.3, 0.4) is 0 Å². The van der Waals surface area contributed by atoms with Crippen LogP contribution in [0.4, 0.5) is 0 Å². The van der Waals surface area contributed by atoms with Gasteiger partial charge >= 0.3 is 0 Å². The van der Waals surface area contributed by atoms with Crippen molar-refractivity contribution in [3.8, 4) is 33.4 Å². The molecule has 1 unspecified atom stereocenters. The third kappa shape index (κ3) is 5.20. The first-order valence-corrected chi connectivity index (χ1v) is 23.0. The Kier molecular flexibility index (Phi) is 8.18. The van der Waals surface area contributed by atoms with Crippen molar-refractivity contribution in [2.45, 2.75) is 30.1 Å². The maximum Gasteiger partial charge on any atom is 0.0716 e. The smallest absolute Gasteiger partial charge is 0.0622 e. The molecule has 0 saturated heterocycles. The molecule has 0 radical (unpaired) electrons. The summed E-state index contributed by atoms with van der Waals surface area (Å²) in [4.78, 5) is 0. The predicted octanol–water partition coefficient (Wildman–Crippen LogP) is 16.0. The van der Waals surface area contributed by atoms with Crippen molar-refractivity contribution in [1.29, 1.82) is 0 Å². The quantitative estimate of drug-likeness (QED) is 0.162. The molecule has 10 aromatic carbocycles. The zero-order valence-corrected chi connectivity index (χ0v) is 36.6. The summed E-state index contributed by atoms with van der Waals surface area (Å²) in [5.74, 6) is 0. The third-order valence-electron chi connectivity index (χ3n) is 15.2. The molecule has 0 nitrogen and oxygen atoms in total. The zero-order valence-electron chi connectivity index (χ0n) is 36.6. The predicted molar refractivity (Wildman–Crippen MR) is 271 cm³/mol. The Balaban J connectivity index is 1.09. The summed E-state index contributed by atoms with van der Waals surface area (Å²) < 4.78 is 0. The van der Waals surface area contributed by atoms with Crippen molar-refractivity contribution in [3.05, 3.63) is 297 Å². The standard InChI is InChI=1S/C65H46/c1-63(2)58-29-17-15-27-53(58)54-37-38-55-56-41-47(35-39-59(56)65(62(55)61(54)63,50-23-8-4-9-24-50)51-25-10-5-11-26-51)48-33-32-45-31-30-44-19-14-16-28-57(44)64(60(45)42-48,49-21-6-3-7-22-49)52-36-34-43-18-12-13-20-46(43)40-52/h3-42H,1-2H3. The minimum absolute atomic E-state index is 0.207. The molecule has 306 valence electrons. The maximum atomic E-state index is 2.51. The van der Waals surface area contributed by atoms with Crippen LogP contribution in [0.1, 0.15) is 80.6 Å². The van der Waals surface area contributed by atoms with Gasteiger partial charge in [-0.1, -0.05) is 238 Å². The minimum atomic E-state index is -0.600. The minimum Gasteiger partial charge on any atom is -0.0622 e. The van der Waals surface area contributed by atoms with Gasteiger partial charge < -0.3 is 0 Å². The fraction of sp³-hybridized carbons (Fsp3) is 0.0769. The van der Waals surface area contributed by atoms with Crippen molar-refractivity contribution in [2.24, 2.45) is 0 Å². The average Bonchev–Trinajstić information content (AvgIpc) is 3.73. The lowest BCUT2D eigenvalue weighted by atomic mass is 9.63. The van der Waals surface area contributed by atoms with Crippen molar-refractivity contribution >= 4 is 22.9 Å². The van der Waals surface area contributed by atoms with Crippen LogP contribution in [-0.2, 0) is 16.2 Å². The lowest BCUT2D eigenvalue weighted by molar-refractivity contribution is 0.633. The monoisotopic (exact) mass is 826 g/mol. The molecule has 0 amide bonds. The van der Waals surface area contributed by atoms with E-state index in [2.05, 4.69) is 257 Å². The second-order valence-electron chi connectivity index (χ2n) is 18.7. The van der Waals surface area contributed by atoms with Crippen LogP contribution in [0.15, 0.2) is 231 Å². The maximum absolute atomic E-state index is 2.51. The highest BCUT2D eigenvalue weighted by Crippen LogP contribution is 2.63. The molecule has 3 aliphatic carbocycles. The lowest BCUT2D eigenvalue weighted by Gasteiger charge is -2.38. The molecule has 0 bridgehead atoms. The van der Waals surface area contributed by atoms with Gasteiger partial charge in [0.15, 0.2) is 0 Å². The number of fused-ring (bicyclic) bond motifs is 10. The fourth-order valence-electron chi connectivity index (χ4n) is 12.5. The molecule has 0 N–H and O–H groups in total. The first-order chi connectivity index (χ1) is 32.0. The largest absolute Gasteiger partial charge is 0.0716 e. The van der Waals surface area contributed by atoms with E-state index < -0.39 is 10.8 Å². The molecule has 65 heavy (non-hydrogen) atoms. The summed E-state index contributed by atoms with van der Waals surface area (Å²) >= 11 is 0. The van der Waals surface area contributed by atoms with E-state index in [9.17, 15) is 0 Å². The van der Waals surface area contributed by atoms with Gasteiger partial charge in [0.05, 0.1) is 10.8 Å². The number of hydrogen-bond acceptors (Lipinski definition) is 0. The van der Waals surface area contributed by atoms with Gasteiger partial charge in [-0.3, -0.25) is 0 Å². The topological polar surface area (TPSA) is 0 Å². The van der Waals surface area contributed by atoms with E-state index in [1.807, 2.05) is 0 Å². The average molecular weight is 827 g/mol. The molecule has 10 aromatic rings. The first-order valence-electron chi connectivity index (χ1n) is 23.0. The molecule has 0 saturated carbocycles. The van der Waals surface area contributed by atoms with Gasteiger partial charge in [-0.15, -0.1) is 0 Å². The highest BCUT2D eigenvalue weighted by atomic mass is 14.5. The van der Waals surface area contributed by atoms with Gasteiger partial charge in [0.1, 0.15) is 0 Å². The van der Waals surface area contributed by atoms with E-state index in [1.165, 1.54) is 111 Å². The van der Waals surface area contributed by atoms with Crippen LogP contribution in [0.25, 0.3) is 56.3 Å². The summed E-state index contributed by atoms with van der Waals surface area (Å²) in [5.41, 5.74) is 22.0. The van der Waals surface area contributed by atoms with E-state index in [0.717, 1.165) is 0 Å². The second-order valence-corrected chi connectivity index (χ2v) is 18.7. The number of benzene rings is 10. The first kappa shape index (κ1) is 37.7. The van der Waals surface area contributed by atoms with Gasteiger partial charge in [0, 0.05) is 5.41 Å². The molecule has 0 heteroatoms. The van der Waals surface area contributed by atoms with E-state index in [1.54, 1.807) is 0 Å². The van der Waals surface area contributed by atoms with Crippen LogP contribution >= 0.6 is 0 Å². The number of hydrogen-bond donors (Lipinski definition) is 0. The molecule has 0 fully saturated rings. The van der Waals surface area contributed by atoms with Gasteiger partial charge in [0.25, 0.3) is 0 Å². The van der Waals surface area contributed by atoms with Gasteiger partial charge in [0.2, 0.25) is 0 Å². The molecule has 0 spiro atoms. The van der Waals surface area contributed by atoms with Gasteiger partial charge in [-0.05, 0) is 129 Å². The van der Waals surface area contributed by atoms with E-state index in [4.69, 9.17) is 0 Å². The summed E-state index contributed by atoms with van der Waals surface area (Å²) in [7, 11) is 0. The normalized spacial score (nSPS) is 16.7. The SMILES string of the molecule is CC1(C)c2ccccc2-c2ccc3c(c21)C(c1ccccc1)(c1ccccc1)c1ccc(-c2ccc4c(c2)C(c2ccccc2)(c2ccc5ccccc5c2)c2ccccc2C=C4)cc1-3. The Morgan fingerprint density at radius 3 is 1.52 bits per heavy atom. The fourth-order valence-corrected chi connectivity index (χ4v) is 12.5. The van der Waals surface area contributed by atoms with E-state index in [0.29, 0.717) is 0 Å². The van der Waals surface area contributed by atoms with Crippen LogP contribution < -0.4 is 0 Å². The zero-order chi connectivity index (χ0) is 43.3. The van der Waals surface area contributed by atoms with Gasteiger partial charge in [-0.2, -0.15) is 0 Å². The van der Waals surface area contributed by atoms with E-state index in [-0.39, 0.29) is 5.41 Å². The highest BCUT2D eigenvalue weighted by Gasteiger charge is 2.52. The Labute approximate surface area is 381 Å². The molecule has 0 heterocycles. The molecule has 3 aliphatic rings. The summed E-state index contributed by atoms with van der Waals surface area (Å²) in [6, 6.07) is 87.1. The van der Waals surface area contributed by atoms with Gasteiger partial charge in [-0.25, -0.2) is 0 Å². The lowest BCUT2D eigenvalue weighted by Crippen LogP contribution is -2.32. The molecule has 13 rings (SSSR count). The highest BCUT2D eigenvalue weighted by molar-refractivity contribution is 5.96. The van der Waals surface area contributed by atoms with Crippen LogP contribution in [0.2, 0.25) is 0 Å². The van der Waals surface area contributed by atoms with Crippen LogP contribution in [-0.4, -0.2) is 0 Å². The van der Waals surface area contributed by atoms with Crippen LogP contribution in [0, 0.1) is 0 Å². The second kappa shape index (κ2) is 14.1. The number of rotatable bonds is 5. The molecule has 0 aliphatic heterocycles. The molecule has 1 atom stereocenters. The summed E-state index contributed by atoms with van der Waals surface area (Å²) in [5, 5.41) is 2.48. The Morgan fingerprint density at radius 2 is 0.815 bits per heavy atom. The van der Waals surface area contributed by atoms with Crippen molar-refractivity contribution in [2.75, 3.05) is 0 Å². The van der Waals surface area contributed by atoms with Crippen molar-refractivity contribution in [3.63, 3.8) is 0 Å². The summed E-state index contributed by atoms with van der Waals surface area (Å²) in [6.07, 6.45) is 4.65. The molecular formula is C65H46. The van der Waals surface area contributed by atoms with Crippen molar-refractivity contribution < 1.29 is 0 Å². The van der Waals surface area contributed by atoms with E-state index >= 15 is 0 Å². The third-order valence-corrected chi connectivity index (χ3v) is 15.2. The Bertz CT molecular complexity index is 3510. The Hall–Kier alpha value is -7.80.